The molecule has 12 aliphatic rings. The molecule has 0 aromatic carbocycles. The minimum atomic E-state index is -0.0900. The number of unbranched alkanes of at least 4 members (excludes halogenated alkanes) is 2. The maximum Gasteiger partial charge on any atom is 2.00 e. The van der Waals surface area contributed by atoms with Crippen molar-refractivity contribution in [3.63, 3.8) is 0 Å². The topological polar surface area (TPSA) is 38.4 Å². The number of nitrogens with zero attached hydrogens (tertiary/aromatic N) is 9. The number of piperidine rings is 5. The first-order valence-electron chi connectivity index (χ1n) is 41.9. The molecule has 9 heterocycles. The van der Waals surface area contributed by atoms with E-state index in [-0.39, 0.29) is 156 Å². The van der Waals surface area contributed by atoms with Crippen LogP contribution in [0, 0.1) is 121 Å². The number of hydrogen-bond acceptors (Lipinski definition) is 10. The van der Waals surface area contributed by atoms with Crippen LogP contribution in [0.5, 0.6) is 0 Å². The molecule has 9 aliphatic heterocycles. The Kier molecular flexibility index (Phi) is 66.9. The van der Waals surface area contributed by atoms with Crippen molar-refractivity contribution in [2.75, 3.05) is 118 Å². The molecule has 16 heteroatoms. The average molecular weight is 1780 g/mol. The Morgan fingerprint density at radius 1 is 0.468 bits per heavy atom. The van der Waals surface area contributed by atoms with Crippen molar-refractivity contribution in [2.45, 2.75) is 380 Å². The zero-order valence-electron chi connectivity index (χ0n) is 75.8. The Labute approximate surface area is 772 Å². The summed E-state index contributed by atoms with van der Waals surface area (Å²) in [5.41, 5.74) is 3.36. The second-order valence-corrected chi connectivity index (χ2v) is 41.4. The van der Waals surface area contributed by atoms with E-state index >= 15 is 0 Å². The molecular formula is C95H188N9OV6-3. The monoisotopic (exact) mass is 1780 g/mol. The van der Waals surface area contributed by atoms with Crippen LogP contribution in [0.4, 0.5) is 0 Å². The molecule has 12 rings (SSSR count). The number of ether oxygens (including phenoxy) is 1. The maximum absolute atomic E-state index is 5.78. The SMILES string of the molecule is C.C.C.CC(C)(C)N1CC2CC(C2)C1.CC(C)(C)N1CC2CCC1C2.CC(C)(C)N1C[CH-]CC[CH-]C1.CC(C)(C)N1C[CH-]CC[CH-]CC1.CCN1CCC2(CCC2)CC1.[CH2-]C1([CH2-])CN(C(C)(C)C)C1.[CH2-]C1C[CH-]CN(C(C)(C)C)C1.[CH2-]CC1(C[CH2-])CN(C(C)(C)C)CO1.[CH2-]CC[CH-]CN(C[CH2-])C(C)(C)C.[V+2].[V+2].[V+2].[V+2].[V+2].[V]. The van der Waals surface area contributed by atoms with Gasteiger partial charge in [0, 0.05) is 101 Å². The molecule has 652 valence electrons. The fourth-order valence-corrected chi connectivity index (χ4v) is 15.9. The third-order valence-electron chi connectivity index (χ3n) is 24.1. The van der Waals surface area contributed by atoms with Crippen LogP contribution in [0.15, 0.2) is 0 Å². The average Bonchev–Trinajstić information content (AvgIpc) is 1.61. The summed E-state index contributed by atoms with van der Waals surface area (Å²) in [4.78, 5) is 22.5. The third-order valence-corrected chi connectivity index (χ3v) is 24.1. The van der Waals surface area contributed by atoms with Crippen LogP contribution in [0.1, 0.15) is 324 Å². The van der Waals surface area contributed by atoms with Crippen molar-refractivity contribution in [1.29, 1.82) is 0 Å². The number of fused-ring (bicyclic) bond motifs is 4. The fourth-order valence-electron chi connectivity index (χ4n) is 15.9. The van der Waals surface area contributed by atoms with Crippen LogP contribution in [-0.2, 0) is 116 Å². The van der Waals surface area contributed by atoms with Gasteiger partial charge in [0.05, 0.1) is 0 Å². The van der Waals surface area contributed by atoms with E-state index in [2.05, 4.69) is 304 Å². The Balaban J connectivity index is -0.000000217. The van der Waals surface area contributed by atoms with Crippen molar-refractivity contribution in [2.24, 2.45) is 34.5 Å². The van der Waals surface area contributed by atoms with Crippen molar-refractivity contribution < 1.29 is 116 Å². The quantitative estimate of drug-likeness (QED) is 0.173. The summed E-state index contributed by atoms with van der Waals surface area (Å²) < 4.78 is 5.78. The molecule has 0 aromatic heterocycles. The first-order chi connectivity index (χ1) is 46.9. The molecule has 111 heavy (non-hydrogen) atoms. The Hall–Kier alpha value is 3.11. The molecule has 3 aliphatic carbocycles. The van der Waals surface area contributed by atoms with E-state index in [0.717, 1.165) is 120 Å². The van der Waals surface area contributed by atoms with Gasteiger partial charge in [-0.3, -0.25) is 20.1 Å². The number of rotatable bonds is 8. The Morgan fingerprint density at radius 3 is 1.20 bits per heavy atom. The van der Waals surface area contributed by atoms with Crippen molar-refractivity contribution in [1.82, 2.24) is 44.1 Å². The summed E-state index contributed by atoms with van der Waals surface area (Å²) in [6.45, 7) is 105. The molecule has 9 saturated heterocycles. The minimum absolute atomic E-state index is 0. The van der Waals surface area contributed by atoms with Gasteiger partial charge in [0.15, 0.2) is 0 Å². The molecule has 12 fully saturated rings. The normalized spacial score (nSPS) is 24.8. The van der Waals surface area contributed by atoms with Gasteiger partial charge in [-0.1, -0.05) is 35.6 Å². The summed E-state index contributed by atoms with van der Waals surface area (Å²) >= 11 is 0. The molecule has 0 amide bonds. The van der Waals surface area contributed by atoms with Crippen LogP contribution in [0.25, 0.3) is 0 Å². The van der Waals surface area contributed by atoms with Gasteiger partial charge in [-0.2, -0.15) is 25.2 Å². The van der Waals surface area contributed by atoms with E-state index in [1.807, 2.05) is 0 Å². The predicted octanol–water partition coefficient (Wildman–Crippen LogP) is 22.4. The molecule has 1 spiro atoms. The molecule has 10 nitrogen and oxygen atoms in total. The van der Waals surface area contributed by atoms with Gasteiger partial charge in [-0.15, -0.1) is 39.3 Å². The van der Waals surface area contributed by atoms with Gasteiger partial charge < -0.3 is 121 Å². The summed E-state index contributed by atoms with van der Waals surface area (Å²) in [6.07, 6.45) is 40.4. The van der Waals surface area contributed by atoms with E-state index in [9.17, 15) is 0 Å². The summed E-state index contributed by atoms with van der Waals surface area (Å²) in [5, 5.41) is 0. The van der Waals surface area contributed by atoms with Gasteiger partial charge in [-0.25, -0.2) is 44.9 Å². The molecule has 0 N–H and O–H groups in total. The van der Waals surface area contributed by atoms with Crippen molar-refractivity contribution >= 4 is 0 Å². The van der Waals surface area contributed by atoms with Crippen molar-refractivity contribution in [3.05, 3.63) is 87.0 Å². The molecule has 3 saturated carbocycles. The van der Waals surface area contributed by atoms with Crippen molar-refractivity contribution in [3.8, 4) is 0 Å². The van der Waals surface area contributed by atoms with Crippen LogP contribution >= 0.6 is 0 Å². The summed E-state index contributed by atoms with van der Waals surface area (Å²) in [5.74, 6) is 3.74. The first kappa shape index (κ1) is 127. The minimum Gasteiger partial charge on any atom is -0.364 e. The van der Waals surface area contributed by atoms with Crippen LogP contribution in [-0.4, -0.2) is 218 Å². The van der Waals surface area contributed by atoms with Crippen LogP contribution in [0.3, 0.4) is 0 Å². The molecule has 6 radical (unpaired) electrons. The van der Waals surface area contributed by atoms with Crippen LogP contribution in [0.2, 0.25) is 0 Å². The first-order valence-corrected chi connectivity index (χ1v) is 41.9. The third kappa shape index (κ3) is 48.8. The van der Waals surface area contributed by atoms with Gasteiger partial charge in [0.1, 0.15) is 6.73 Å². The molecule has 3 atom stereocenters. The largest absolute Gasteiger partial charge is 2.00 e. The fraction of sp³-hybridized carbons (Fsp3) is 0.863. The van der Waals surface area contributed by atoms with E-state index in [0.29, 0.717) is 45.9 Å². The molecule has 0 aromatic rings. The molecule has 3 unspecified atom stereocenters. The van der Waals surface area contributed by atoms with E-state index < -0.39 is 0 Å². The van der Waals surface area contributed by atoms with E-state index in [4.69, 9.17) is 4.74 Å². The second-order valence-electron chi connectivity index (χ2n) is 41.4. The summed E-state index contributed by atoms with van der Waals surface area (Å²) in [6, 6.07) is 0.931. The summed E-state index contributed by atoms with van der Waals surface area (Å²) in [7, 11) is 0. The molecule has 4 bridgehead atoms. The van der Waals surface area contributed by atoms with Gasteiger partial charge >= 0.3 is 92.8 Å². The second kappa shape index (κ2) is 58.3. The number of likely N-dealkylation sites (tertiary alicyclic amines) is 6. The van der Waals surface area contributed by atoms with E-state index in [1.54, 1.807) is 0 Å². The standard InChI is InChI=1S/C11H21NO.C11H21N.C11H22N.5C10H19N.C9H17N.3CH4.6V/c1-6-11(7-2)8-12(9-13-11)10(3,4)5;1-11(2,3)12-9-7-5-4-6-8-10-12;1-6-8-9-10-12(7-2)11(3,4)5;1-10(2,3)11-6-8-4-9(5-8)7-11;1-10(2,3)11-7-8-4-5-9(11)6-8;1-2-11-8-6-10(7-9-11)4-3-5-10;1-9-6-5-7-11(8-9)10(2,3)4;1-10(2,3)11-8-6-4-5-7-9-11;1-8(2,3)10-6-9(4,5)7-10;;;;;;;;;/h1-2,6-9H2,3-5H3;5,8H,4,6-7,9-10H2,1-3H3;9H,1-2,6-8,10H2,3-5H3;2*8-9H,4-7H2,1-3H3;2-9H2,1H3;5,9H,1,6-8H2,2-4H3;6-7H,4-5,8-9H2,1-3H3;4-7H2,1-3H3;3*1H4;;;;;;/q2*-2;-3;;;;3*-2;;;;;5*+2. The maximum atomic E-state index is 5.78. The van der Waals surface area contributed by atoms with Gasteiger partial charge in [-0.05, 0) is 293 Å². The number of hydrogen-bond donors (Lipinski definition) is 0. The van der Waals surface area contributed by atoms with Gasteiger partial charge in [0.25, 0.3) is 0 Å². The Bertz CT molecular complexity index is 2130. The van der Waals surface area contributed by atoms with E-state index in [1.165, 1.54) is 149 Å². The zero-order chi connectivity index (χ0) is 77.4. The Morgan fingerprint density at radius 2 is 0.910 bits per heavy atom. The molecular weight excluding hydrogens is 1590 g/mol. The zero-order valence-corrected chi connectivity index (χ0v) is 84.2. The predicted molar refractivity (Wildman–Crippen MR) is 470 cm³/mol. The van der Waals surface area contributed by atoms with Gasteiger partial charge in [0.2, 0.25) is 0 Å². The van der Waals surface area contributed by atoms with Crippen LogP contribution < -0.4 is 0 Å². The smallest absolute Gasteiger partial charge is 0.364 e.